The lowest BCUT2D eigenvalue weighted by Crippen LogP contribution is -2.31. The number of halogens is 3. The van der Waals surface area contributed by atoms with Crippen molar-refractivity contribution in [1.82, 2.24) is 26.5 Å². The SMILES string of the molecule is CCOC(=O)CNCc1ccc(C2CNNC2c2c[nH]c(C(=O)N[C@H](CO)c3ccc(F)c(Cl)c3)c2)cc1Cl. The minimum absolute atomic E-state index is 0.0299. The molecule has 3 atom stereocenters. The molecule has 2 unspecified atom stereocenters. The third-order valence-corrected chi connectivity index (χ3v) is 7.16. The molecular formula is C27H30Cl2FN5O4. The largest absolute Gasteiger partial charge is 0.465 e. The second-order valence-corrected chi connectivity index (χ2v) is 9.91. The van der Waals surface area contributed by atoms with E-state index in [2.05, 4.69) is 26.5 Å². The van der Waals surface area contributed by atoms with Crippen LogP contribution in [0.15, 0.2) is 48.7 Å². The van der Waals surface area contributed by atoms with Crippen molar-refractivity contribution in [3.8, 4) is 0 Å². The second-order valence-electron chi connectivity index (χ2n) is 9.10. The topological polar surface area (TPSA) is 128 Å². The van der Waals surface area contributed by atoms with Crippen LogP contribution in [0.4, 0.5) is 4.39 Å². The van der Waals surface area contributed by atoms with Gasteiger partial charge in [0, 0.05) is 30.2 Å². The van der Waals surface area contributed by atoms with Crippen LogP contribution >= 0.6 is 23.2 Å². The van der Waals surface area contributed by atoms with E-state index in [4.69, 9.17) is 27.9 Å². The van der Waals surface area contributed by atoms with Gasteiger partial charge in [-0.1, -0.05) is 41.4 Å². The predicted octanol–water partition coefficient (Wildman–Crippen LogP) is 3.51. The molecular weight excluding hydrogens is 548 g/mol. The summed E-state index contributed by atoms with van der Waals surface area (Å²) in [7, 11) is 0. The molecule has 3 aromatic rings. The first-order chi connectivity index (χ1) is 18.8. The Morgan fingerprint density at radius 3 is 2.69 bits per heavy atom. The van der Waals surface area contributed by atoms with Crippen LogP contribution in [0.25, 0.3) is 0 Å². The number of hydrazine groups is 1. The molecule has 4 rings (SSSR count). The molecule has 1 aliphatic rings. The monoisotopic (exact) mass is 577 g/mol. The van der Waals surface area contributed by atoms with Crippen LogP contribution in [0, 0.1) is 5.82 Å². The van der Waals surface area contributed by atoms with E-state index in [9.17, 15) is 19.1 Å². The van der Waals surface area contributed by atoms with Gasteiger partial charge in [0.1, 0.15) is 11.5 Å². The number of hydrogen-bond acceptors (Lipinski definition) is 7. The van der Waals surface area contributed by atoms with E-state index < -0.39 is 17.8 Å². The molecule has 0 saturated carbocycles. The number of rotatable bonds is 11. The zero-order valence-corrected chi connectivity index (χ0v) is 22.7. The maximum absolute atomic E-state index is 13.5. The predicted molar refractivity (Wildman–Crippen MR) is 146 cm³/mol. The van der Waals surface area contributed by atoms with Crippen molar-refractivity contribution in [2.75, 3.05) is 26.3 Å². The van der Waals surface area contributed by atoms with E-state index in [1.54, 1.807) is 19.2 Å². The molecule has 1 fully saturated rings. The number of hydrogen-bond donors (Lipinski definition) is 6. The van der Waals surface area contributed by atoms with Crippen molar-refractivity contribution in [2.24, 2.45) is 0 Å². The molecule has 208 valence electrons. The fourth-order valence-corrected chi connectivity index (χ4v) is 4.94. The zero-order valence-electron chi connectivity index (χ0n) is 21.2. The van der Waals surface area contributed by atoms with Gasteiger partial charge in [0.2, 0.25) is 0 Å². The van der Waals surface area contributed by atoms with Gasteiger partial charge in [-0.15, -0.1) is 0 Å². The molecule has 1 aromatic heterocycles. The Hall–Kier alpha value is -2.99. The van der Waals surface area contributed by atoms with E-state index in [-0.39, 0.29) is 36.1 Å². The Morgan fingerprint density at radius 1 is 1.15 bits per heavy atom. The number of carbonyl (C=O) groups excluding carboxylic acids is 2. The number of aliphatic hydroxyl groups excluding tert-OH is 1. The van der Waals surface area contributed by atoms with Crippen molar-refractivity contribution in [3.63, 3.8) is 0 Å². The van der Waals surface area contributed by atoms with Crippen LogP contribution in [0.3, 0.4) is 0 Å². The fourth-order valence-electron chi connectivity index (χ4n) is 4.49. The number of carbonyl (C=O) groups is 2. The molecule has 0 spiro atoms. The van der Waals surface area contributed by atoms with E-state index in [1.807, 2.05) is 18.2 Å². The summed E-state index contributed by atoms with van der Waals surface area (Å²) in [6.07, 6.45) is 1.75. The normalized spacial score (nSPS) is 17.7. The lowest BCUT2D eigenvalue weighted by molar-refractivity contribution is -0.142. The second kappa shape index (κ2) is 13.4. The van der Waals surface area contributed by atoms with Gasteiger partial charge in [-0.25, -0.2) is 9.82 Å². The van der Waals surface area contributed by atoms with E-state index >= 15 is 0 Å². The lowest BCUT2D eigenvalue weighted by atomic mass is 9.89. The van der Waals surface area contributed by atoms with Gasteiger partial charge in [-0.05, 0) is 53.4 Å². The maximum atomic E-state index is 13.5. The first-order valence-electron chi connectivity index (χ1n) is 12.5. The minimum atomic E-state index is -0.756. The molecule has 0 bridgehead atoms. The molecule has 6 N–H and O–H groups in total. The van der Waals surface area contributed by atoms with Gasteiger partial charge in [0.15, 0.2) is 0 Å². The fraction of sp³-hybridized carbons (Fsp3) is 0.333. The quantitative estimate of drug-likeness (QED) is 0.192. The summed E-state index contributed by atoms with van der Waals surface area (Å²) in [5.41, 5.74) is 9.96. The number of ether oxygens (including phenoxy) is 1. The Morgan fingerprint density at radius 2 is 1.97 bits per heavy atom. The highest BCUT2D eigenvalue weighted by atomic mass is 35.5. The first kappa shape index (κ1) is 29.0. The molecule has 1 amide bonds. The van der Waals surface area contributed by atoms with Gasteiger partial charge in [0.25, 0.3) is 5.91 Å². The third-order valence-electron chi connectivity index (χ3n) is 6.52. The standard InChI is InChI=1S/C27H30Cl2FN5O4/c1-2-39-25(37)13-31-10-17-4-3-15(7-20(17)28)19-12-33-35-26(19)18-9-23(32-11-18)27(38)34-24(14-36)16-5-6-22(30)21(29)8-16/h3-9,11,19,24,26,31-33,35-36H,2,10,12-14H2,1H3,(H,34,38)/t19?,24-,26?/m1/s1. The number of H-pyrrole nitrogens is 1. The van der Waals surface area contributed by atoms with E-state index in [1.165, 1.54) is 18.2 Å². The number of benzene rings is 2. The van der Waals surface area contributed by atoms with E-state index in [0.29, 0.717) is 36.0 Å². The van der Waals surface area contributed by atoms with Crippen LogP contribution in [0.5, 0.6) is 0 Å². The molecule has 9 nitrogen and oxygen atoms in total. The summed E-state index contributed by atoms with van der Waals surface area (Å²) >= 11 is 12.4. The molecule has 1 aliphatic heterocycles. The van der Waals surface area contributed by atoms with Crippen LogP contribution in [0.2, 0.25) is 10.0 Å². The number of nitrogens with one attached hydrogen (secondary N) is 5. The van der Waals surface area contributed by atoms with Crippen molar-refractivity contribution in [1.29, 1.82) is 0 Å². The highest BCUT2D eigenvalue weighted by Crippen LogP contribution is 2.35. The van der Waals surface area contributed by atoms with Gasteiger partial charge in [-0.3, -0.25) is 15.0 Å². The van der Waals surface area contributed by atoms with Crippen LogP contribution in [-0.2, 0) is 16.1 Å². The average Bonchev–Trinajstić information content (AvgIpc) is 3.60. The molecule has 2 heterocycles. The summed E-state index contributed by atoms with van der Waals surface area (Å²) in [6.45, 7) is 2.89. The summed E-state index contributed by atoms with van der Waals surface area (Å²) in [6, 6.07) is 10.7. The molecule has 12 heteroatoms. The molecule has 0 radical (unpaired) electrons. The Balaban J connectivity index is 1.41. The van der Waals surface area contributed by atoms with Gasteiger partial charge in [0.05, 0.1) is 36.9 Å². The Bertz CT molecular complexity index is 1320. The van der Waals surface area contributed by atoms with Gasteiger partial charge >= 0.3 is 5.97 Å². The van der Waals surface area contributed by atoms with Crippen molar-refractivity contribution >= 4 is 35.1 Å². The van der Waals surface area contributed by atoms with Crippen molar-refractivity contribution in [2.45, 2.75) is 31.5 Å². The Labute approximate surface area is 235 Å². The summed E-state index contributed by atoms with van der Waals surface area (Å²) in [5, 5.41) is 16.1. The highest BCUT2D eigenvalue weighted by Gasteiger charge is 2.31. The maximum Gasteiger partial charge on any atom is 0.319 e. The van der Waals surface area contributed by atoms with Crippen molar-refractivity contribution in [3.05, 3.63) is 92.5 Å². The van der Waals surface area contributed by atoms with Crippen LogP contribution in [-0.4, -0.2) is 48.3 Å². The molecule has 39 heavy (non-hydrogen) atoms. The highest BCUT2D eigenvalue weighted by molar-refractivity contribution is 6.31. The molecule has 0 aliphatic carbocycles. The molecule has 1 saturated heterocycles. The number of amides is 1. The minimum Gasteiger partial charge on any atom is -0.465 e. The molecule has 2 aromatic carbocycles. The summed E-state index contributed by atoms with van der Waals surface area (Å²) < 4.78 is 18.4. The zero-order chi connectivity index (χ0) is 27.9. The van der Waals surface area contributed by atoms with Crippen LogP contribution in [0.1, 0.15) is 57.7 Å². The summed E-state index contributed by atoms with van der Waals surface area (Å²) in [4.78, 5) is 27.4. The van der Waals surface area contributed by atoms with Gasteiger partial charge in [-0.2, -0.15) is 0 Å². The number of aromatic nitrogens is 1. The smallest absolute Gasteiger partial charge is 0.319 e. The lowest BCUT2D eigenvalue weighted by Gasteiger charge is -2.19. The summed E-state index contributed by atoms with van der Waals surface area (Å²) in [5.74, 6) is -1.29. The Kier molecular flexibility index (Phi) is 9.95. The number of esters is 1. The van der Waals surface area contributed by atoms with E-state index in [0.717, 1.165) is 16.7 Å². The van der Waals surface area contributed by atoms with Crippen LogP contribution < -0.4 is 21.5 Å². The first-order valence-corrected chi connectivity index (χ1v) is 13.2. The third kappa shape index (κ3) is 7.16. The average molecular weight is 578 g/mol. The number of aromatic amines is 1. The van der Waals surface area contributed by atoms with Gasteiger partial charge < -0.3 is 25.5 Å². The van der Waals surface area contributed by atoms with Crippen molar-refractivity contribution < 1.29 is 23.8 Å². The number of aliphatic hydroxyl groups is 1.